The first-order valence-electron chi connectivity index (χ1n) is 7.10. The number of alkyl halides is 3. The summed E-state index contributed by atoms with van der Waals surface area (Å²) in [6.45, 7) is 2.60. The Morgan fingerprint density at radius 3 is 2.50 bits per heavy atom. The molecule has 126 valence electrons. The number of hydrogen-bond donors (Lipinski definition) is 1. The van der Waals surface area contributed by atoms with Crippen molar-refractivity contribution < 1.29 is 13.2 Å². The molecule has 3 rings (SSSR count). The van der Waals surface area contributed by atoms with Gasteiger partial charge in [0.25, 0.3) is 0 Å². The molecule has 10 heteroatoms. The van der Waals surface area contributed by atoms with E-state index in [1.54, 1.807) is 17.8 Å². The lowest BCUT2D eigenvalue weighted by atomic mass is 10.2. The lowest BCUT2D eigenvalue weighted by Crippen LogP contribution is -2.10. The maximum Gasteiger partial charge on any atom is 0.416 e. The van der Waals surface area contributed by atoms with Crippen molar-refractivity contribution in [2.75, 3.05) is 6.54 Å². The van der Waals surface area contributed by atoms with Crippen LogP contribution in [-0.4, -0.2) is 36.3 Å². The van der Waals surface area contributed by atoms with Crippen molar-refractivity contribution >= 4 is 0 Å². The van der Waals surface area contributed by atoms with Crippen LogP contribution in [0, 0.1) is 6.92 Å². The van der Waals surface area contributed by atoms with Crippen molar-refractivity contribution in [3.8, 4) is 17.2 Å². The van der Waals surface area contributed by atoms with E-state index in [-0.39, 0.29) is 0 Å². The van der Waals surface area contributed by atoms with Gasteiger partial charge in [-0.3, -0.25) is 4.68 Å². The average Bonchev–Trinajstić information content (AvgIpc) is 3.13. The molecule has 0 amide bonds. The predicted molar refractivity (Wildman–Crippen MR) is 79.2 cm³/mol. The second-order valence-electron chi connectivity index (χ2n) is 5.09. The molecule has 2 N–H and O–H groups in total. The largest absolute Gasteiger partial charge is 0.416 e. The summed E-state index contributed by atoms with van der Waals surface area (Å²) in [5, 5.41) is 12.2. The normalized spacial score (nSPS) is 11.9. The molecule has 2 aromatic heterocycles. The number of aromatic nitrogens is 6. The maximum atomic E-state index is 12.7. The standard InChI is InChI=1S/C14H14F3N7/c1-9-19-13(12-8-23(7-6-18)22-20-12)24(21-9)11-4-2-10(3-5-11)14(15,16)17/h2-5,8H,6-7,18H2,1H3. The van der Waals surface area contributed by atoms with Crippen LogP contribution in [0.5, 0.6) is 0 Å². The summed E-state index contributed by atoms with van der Waals surface area (Å²) < 4.78 is 41.0. The third-order valence-electron chi connectivity index (χ3n) is 3.28. The molecule has 1 aromatic carbocycles. The number of halogens is 3. The van der Waals surface area contributed by atoms with E-state index in [4.69, 9.17) is 5.73 Å². The number of nitrogens with two attached hydrogens (primary N) is 1. The van der Waals surface area contributed by atoms with E-state index in [1.807, 2.05) is 0 Å². The molecule has 7 nitrogen and oxygen atoms in total. The molecule has 0 fully saturated rings. The van der Waals surface area contributed by atoms with E-state index in [1.165, 1.54) is 16.8 Å². The summed E-state index contributed by atoms with van der Waals surface area (Å²) in [6, 6.07) is 4.68. The van der Waals surface area contributed by atoms with Crippen LogP contribution in [0.1, 0.15) is 11.4 Å². The molecule has 0 radical (unpaired) electrons. The van der Waals surface area contributed by atoms with E-state index in [0.29, 0.717) is 36.1 Å². The summed E-state index contributed by atoms with van der Waals surface area (Å²) in [7, 11) is 0. The van der Waals surface area contributed by atoms with Gasteiger partial charge < -0.3 is 5.73 Å². The van der Waals surface area contributed by atoms with E-state index in [9.17, 15) is 13.2 Å². The minimum absolute atomic E-state index is 0.399. The third kappa shape index (κ3) is 3.13. The van der Waals surface area contributed by atoms with Crippen LogP contribution in [0.3, 0.4) is 0 Å². The van der Waals surface area contributed by atoms with Crippen LogP contribution in [-0.2, 0) is 12.7 Å². The van der Waals surface area contributed by atoms with Crippen LogP contribution in [0.4, 0.5) is 13.2 Å². The highest BCUT2D eigenvalue weighted by Crippen LogP contribution is 2.30. The first kappa shape index (κ1) is 16.1. The third-order valence-corrected chi connectivity index (χ3v) is 3.28. The molecule has 3 aromatic rings. The molecule has 2 heterocycles. The fraction of sp³-hybridized carbons (Fsp3) is 0.286. The highest BCUT2D eigenvalue weighted by Gasteiger charge is 2.30. The Bertz CT molecular complexity index is 833. The Labute approximate surface area is 134 Å². The summed E-state index contributed by atoms with van der Waals surface area (Å²) in [5.41, 5.74) is 5.66. The Morgan fingerprint density at radius 1 is 1.17 bits per heavy atom. The second-order valence-corrected chi connectivity index (χ2v) is 5.09. The van der Waals surface area contributed by atoms with Crippen molar-refractivity contribution in [1.29, 1.82) is 0 Å². The van der Waals surface area contributed by atoms with Gasteiger partial charge in [0.2, 0.25) is 0 Å². The Balaban J connectivity index is 1.99. The van der Waals surface area contributed by atoms with Gasteiger partial charge in [-0.15, -0.1) is 5.10 Å². The Hall–Kier alpha value is -2.75. The number of rotatable bonds is 4. The second kappa shape index (κ2) is 6.04. The molecule has 0 unspecified atom stereocenters. The van der Waals surface area contributed by atoms with Crippen molar-refractivity contribution in [2.24, 2.45) is 5.73 Å². The van der Waals surface area contributed by atoms with Crippen LogP contribution in [0.2, 0.25) is 0 Å². The molecular weight excluding hydrogens is 323 g/mol. The molecule has 0 aliphatic rings. The molecular formula is C14H14F3N7. The van der Waals surface area contributed by atoms with Crippen molar-refractivity contribution in [3.05, 3.63) is 41.9 Å². The number of benzene rings is 1. The van der Waals surface area contributed by atoms with Crippen LogP contribution < -0.4 is 5.73 Å². The minimum atomic E-state index is -4.38. The maximum absolute atomic E-state index is 12.7. The van der Waals surface area contributed by atoms with E-state index in [0.717, 1.165) is 12.1 Å². The Morgan fingerprint density at radius 2 is 1.88 bits per heavy atom. The SMILES string of the molecule is Cc1nc(-c2cn(CCN)nn2)n(-c2ccc(C(F)(F)F)cc2)n1. The van der Waals surface area contributed by atoms with Crippen molar-refractivity contribution in [3.63, 3.8) is 0 Å². The highest BCUT2D eigenvalue weighted by atomic mass is 19.4. The van der Waals surface area contributed by atoms with Gasteiger partial charge >= 0.3 is 6.18 Å². The zero-order valence-electron chi connectivity index (χ0n) is 12.7. The molecule has 24 heavy (non-hydrogen) atoms. The quantitative estimate of drug-likeness (QED) is 0.784. The number of nitrogens with zero attached hydrogens (tertiary/aromatic N) is 6. The van der Waals surface area contributed by atoms with Crippen LogP contribution in [0.15, 0.2) is 30.5 Å². The number of aryl methyl sites for hydroxylation is 1. The van der Waals surface area contributed by atoms with Gasteiger partial charge in [-0.1, -0.05) is 5.21 Å². The molecule has 0 aliphatic carbocycles. The molecule has 0 bridgehead atoms. The van der Waals surface area contributed by atoms with Gasteiger partial charge in [-0.2, -0.15) is 18.3 Å². The minimum Gasteiger partial charge on any atom is -0.329 e. The smallest absolute Gasteiger partial charge is 0.329 e. The van der Waals surface area contributed by atoms with Crippen LogP contribution in [0.25, 0.3) is 17.2 Å². The van der Waals surface area contributed by atoms with Crippen molar-refractivity contribution in [1.82, 2.24) is 29.8 Å². The number of hydrogen-bond acceptors (Lipinski definition) is 5. The predicted octanol–water partition coefficient (Wildman–Crippen LogP) is 1.81. The fourth-order valence-corrected chi connectivity index (χ4v) is 2.19. The first-order valence-corrected chi connectivity index (χ1v) is 7.10. The van der Waals surface area contributed by atoms with Gasteiger partial charge in [0, 0.05) is 6.54 Å². The van der Waals surface area contributed by atoms with Gasteiger partial charge in [-0.05, 0) is 31.2 Å². The average molecular weight is 337 g/mol. The molecule has 0 saturated carbocycles. The molecule has 0 spiro atoms. The van der Waals surface area contributed by atoms with Gasteiger partial charge in [0.1, 0.15) is 11.5 Å². The summed E-state index contributed by atoms with van der Waals surface area (Å²) in [6.07, 6.45) is -2.72. The van der Waals surface area contributed by atoms with Gasteiger partial charge in [0.15, 0.2) is 5.82 Å². The Kier molecular flexibility index (Phi) is 4.06. The van der Waals surface area contributed by atoms with E-state index in [2.05, 4.69) is 20.4 Å². The lowest BCUT2D eigenvalue weighted by Gasteiger charge is -2.08. The molecule has 0 atom stereocenters. The zero-order chi connectivity index (χ0) is 17.3. The first-order chi connectivity index (χ1) is 11.4. The molecule has 0 saturated heterocycles. The zero-order valence-corrected chi connectivity index (χ0v) is 12.7. The van der Waals surface area contributed by atoms with Crippen LogP contribution >= 0.6 is 0 Å². The van der Waals surface area contributed by atoms with Gasteiger partial charge in [0.05, 0.1) is 24.0 Å². The lowest BCUT2D eigenvalue weighted by molar-refractivity contribution is -0.137. The van der Waals surface area contributed by atoms with Crippen molar-refractivity contribution in [2.45, 2.75) is 19.6 Å². The molecule has 0 aliphatic heterocycles. The van der Waals surface area contributed by atoms with E-state index >= 15 is 0 Å². The van der Waals surface area contributed by atoms with Gasteiger partial charge in [-0.25, -0.2) is 9.67 Å². The summed E-state index contributed by atoms with van der Waals surface area (Å²) in [4.78, 5) is 4.28. The summed E-state index contributed by atoms with van der Waals surface area (Å²) in [5.74, 6) is 0.869. The highest BCUT2D eigenvalue weighted by molar-refractivity contribution is 5.52. The monoisotopic (exact) mass is 337 g/mol. The topological polar surface area (TPSA) is 87.4 Å². The fourth-order valence-electron chi connectivity index (χ4n) is 2.19. The van der Waals surface area contributed by atoms with E-state index < -0.39 is 11.7 Å². The summed E-state index contributed by atoms with van der Waals surface area (Å²) >= 11 is 0.